The molecule has 1 saturated heterocycles. The number of aliphatic hydroxyl groups is 4. The van der Waals surface area contributed by atoms with Gasteiger partial charge in [-0.1, -0.05) is 147 Å². The van der Waals surface area contributed by atoms with Crippen molar-refractivity contribution in [3.63, 3.8) is 0 Å². The van der Waals surface area contributed by atoms with E-state index in [-0.39, 0.29) is 32.0 Å². The van der Waals surface area contributed by atoms with Gasteiger partial charge in [0.15, 0.2) is 12.4 Å². The van der Waals surface area contributed by atoms with Gasteiger partial charge in [0.25, 0.3) is 0 Å². The van der Waals surface area contributed by atoms with E-state index < -0.39 is 49.4 Å². The third-order valence-corrected chi connectivity index (χ3v) is 10.5. The number of carbonyl (C=O) groups is 2. The highest BCUT2D eigenvalue weighted by Gasteiger charge is 2.44. The Bertz CT molecular complexity index is 941. The molecule has 1 aliphatic heterocycles. The van der Waals surface area contributed by atoms with E-state index in [0.29, 0.717) is 6.42 Å². The highest BCUT2D eigenvalue weighted by molar-refractivity contribution is 5.70. The number of ether oxygens (including phenoxy) is 4. The maximum absolute atomic E-state index is 12.7. The maximum atomic E-state index is 12.7. The molecule has 1 fully saturated rings. The molecule has 1 rings (SSSR count). The first kappa shape index (κ1) is 51.2. The minimum absolute atomic E-state index is 0.211. The molecule has 0 saturated carbocycles. The molecule has 10 nitrogen and oxygen atoms in total. The Balaban J connectivity index is 2.33. The number of hydrogen-bond donors (Lipinski definition) is 4. The van der Waals surface area contributed by atoms with Crippen LogP contribution in [0.4, 0.5) is 0 Å². The van der Waals surface area contributed by atoms with E-state index in [9.17, 15) is 30.0 Å². The van der Waals surface area contributed by atoms with Crippen molar-refractivity contribution in [2.45, 2.75) is 230 Å². The SMILES string of the molecule is C=CCCCCCCCCCCCCCCCC(=O)OC[C@@H](CO[C@H]1O[C@@H](CO)[C@@H](O)C(O)C1O)OC(=O)CCCCC/C=C/CCCCCCCCCC. The van der Waals surface area contributed by atoms with E-state index in [4.69, 9.17) is 18.9 Å². The van der Waals surface area contributed by atoms with Gasteiger partial charge in [0, 0.05) is 12.8 Å². The van der Waals surface area contributed by atoms with Crippen molar-refractivity contribution in [3.8, 4) is 0 Å². The maximum Gasteiger partial charge on any atom is 0.306 e. The number of unbranched alkanes of at least 4 members (excludes halogenated alkanes) is 24. The molecule has 0 aromatic carbocycles. The largest absolute Gasteiger partial charge is 0.462 e. The van der Waals surface area contributed by atoms with Crippen molar-refractivity contribution in [2.75, 3.05) is 19.8 Å². The van der Waals surface area contributed by atoms with Gasteiger partial charge in [-0.15, -0.1) is 6.58 Å². The number of carbonyl (C=O) groups excluding carboxylic acids is 2. The third kappa shape index (κ3) is 28.3. The predicted octanol–water partition coefficient (Wildman–Crippen LogP) is 9.33. The van der Waals surface area contributed by atoms with Crippen LogP contribution in [0.3, 0.4) is 0 Å². The van der Waals surface area contributed by atoms with Crippen LogP contribution in [0, 0.1) is 0 Å². The van der Waals surface area contributed by atoms with Crippen LogP contribution < -0.4 is 0 Å². The summed E-state index contributed by atoms with van der Waals surface area (Å²) in [5.74, 6) is -0.822. The molecule has 0 spiro atoms. The van der Waals surface area contributed by atoms with E-state index >= 15 is 0 Å². The van der Waals surface area contributed by atoms with Crippen molar-refractivity contribution in [3.05, 3.63) is 24.8 Å². The Morgan fingerprint density at radius 2 is 1.05 bits per heavy atom. The molecule has 55 heavy (non-hydrogen) atoms. The minimum Gasteiger partial charge on any atom is -0.462 e. The molecule has 0 bridgehead atoms. The zero-order valence-corrected chi connectivity index (χ0v) is 34.8. The van der Waals surface area contributed by atoms with E-state index in [1.807, 2.05) is 6.08 Å². The lowest BCUT2D eigenvalue weighted by Crippen LogP contribution is -2.59. The van der Waals surface area contributed by atoms with Crippen LogP contribution in [0.2, 0.25) is 0 Å². The smallest absolute Gasteiger partial charge is 0.306 e. The zero-order valence-electron chi connectivity index (χ0n) is 34.8. The van der Waals surface area contributed by atoms with Gasteiger partial charge in [0.05, 0.1) is 13.2 Å². The standard InChI is InChI=1S/C45H82O10/c1-3-5-7-9-11-13-15-17-19-21-23-25-27-29-31-33-40(47)52-36-38(37-53-45-44(51)43(50)42(49)39(35-46)55-45)54-41(48)34-32-30-28-26-24-22-20-18-16-14-12-10-8-6-4-2/h3,22,24,38-39,42-46,49-51H,1,4-21,23,25-37H2,2H3/b24-22+/t38-,39-,42+,43?,44?,45-/m0/s1. The quantitative estimate of drug-likeness (QED) is 0.0271. The molecular weight excluding hydrogens is 700 g/mol. The summed E-state index contributed by atoms with van der Waals surface area (Å²) in [5.41, 5.74) is 0. The Hall–Kier alpha value is -1.82. The summed E-state index contributed by atoms with van der Waals surface area (Å²) >= 11 is 0. The summed E-state index contributed by atoms with van der Waals surface area (Å²) in [6.07, 6.45) is 30.8. The van der Waals surface area contributed by atoms with Crippen LogP contribution in [-0.4, -0.2) is 89.0 Å². The van der Waals surface area contributed by atoms with Crippen molar-refractivity contribution in [1.29, 1.82) is 0 Å². The monoisotopic (exact) mass is 783 g/mol. The second-order valence-electron chi connectivity index (χ2n) is 15.6. The van der Waals surface area contributed by atoms with Gasteiger partial charge in [0.2, 0.25) is 0 Å². The van der Waals surface area contributed by atoms with E-state index in [0.717, 1.165) is 51.4 Å². The van der Waals surface area contributed by atoms with Crippen LogP contribution >= 0.6 is 0 Å². The van der Waals surface area contributed by atoms with Gasteiger partial charge in [0.1, 0.15) is 31.0 Å². The molecule has 2 unspecified atom stereocenters. The van der Waals surface area contributed by atoms with E-state index in [1.54, 1.807) is 0 Å². The van der Waals surface area contributed by atoms with Gasteiger partial charge in [-0.3, -0.25) is 9.59 Å². The Kier molecular flexibility index (Phi) is 34.0. The molecule has 6 atom stereocenters. The van der Waals surface area contributed by atoms with Crippen molar-refractivity contribution in [1.82, 2.24) is 0 Å². The molecule has 4 N–H and O–H groups in total. The highest BCUT2D eigenvalue weighted by atomic mass is 16.7. The van der Waals surface area contributed by atoms with Gasteiger partial charge >= 0.3 is 11.9 Å². The Morgan fingerprint density at radius 1 is 0.600 bits per heavy atom. The van der Waals surface area contributed by atoms with Gasteiger partial charge < -0.3 is 39.4 Å². The summed E-state index contributed by atoms with van der Waals surface area (Å²) in [5, 5.41) is 40.0. The number of esters is 2. The molecular formula is C45H82O10. The molecule has 0 aromatic heterocycles. The molecule has 10 heteroatoms. The van der Waals surface area contributed by atoms with Crippen molar-refractivity contribution >= 4 is 11.9 Å². The van der Waals surface area contributed by atoms with E-state index in [1.165, 1.54) is 116 Å². The predicted molar refractivity (Wildman–Crippen MR) is 219 cm³/mol. The highest BCUT2D eigenvalue weighted by Crippen LogP contribution is 2.23. The lowest BCUT2D eigenvalue weighted by Gasteiger charge is -2.39. The Labute approximate surface area is 334 Å². The van der Waals surface area contributed by atoms with Crippen LogP contribution in [0.25, 0.3) is 0 Å². The molecule has 0 amide bonds. The lowest BCUT2D eigenvalue weighted by atomic mass is 9.99. The van der Waals surface area contributed by atoms with Gasteiger partial charge in [-0.2, -0.15) is 0 Å². The third-order valence-electron chi connectivity index (χ3n) is 10.5. The summed E-state index contributed by atoms with van der Waals surface area (Å²) in [6.45, 7) is 4.93. The first-order valence-electron chi connectivity index (χ1n) is 22.4. The van der Waals surface area contributed by atoms with Gasteiger partial charge in [-0.25, -0.2) is 0 Å². The van der Waals surface area contributed by atoms with Gasteiger partial charge in [-0.05, 0) is 51.4 Å². The number of hydrogen-bond acceptors (Lipinski definition) is 10. The zero-order chi connectivity index (χ0) is 40.2. The van der Waals surface area contributed by atoms with Crippen LogP contribution in [-0.2, 0) is 28.5 Å². The summed E-state index contributed by atoms with van der Waals surface area (Å²) in [6, 6.07) is 0. The fourth-order valence-corrected chi connectivity index (χ4v) is 6.87. The fraction of sp³-hybridized carbons (Fsp3) is 0.867. The molecule has 322 valence electrons. The molecule has 1 aliphatic rings. The summed E-state index contributed by atoms with van der Waals surface area (Å²) in [4.78, 5) is 25.3. The molecule has 0 radical (unpaired) electrons. The Morgan fingerprint density at radius 3 is 1.56 bits per heavy atom. The van der Waals surface area contributed by atoms with Crippen molar-refractivity contribution < 1.29 is 49.0 Å². The second kappa shape index (κ2) is 36.5. The van der Waals surface area contributed by atoms with Crippen molar-refractivity contribution in [2.24, 2.45) is 0 Å². The minimum atomic E-state index is -1.60. The first-order chi connectivity index (χ1) is 26.8. The molecule has 0 aliphatic carbocycles. The van der Waals surface area contributed by atoms with E-state index in [2.05, 4.69) is 25.7 Å². The van der Waals surface area contributed by atoms with Crippen LogP contribution in [0.1, 0.15) is 193 Å². The normalized spacial score (nSPS) is 20.5. The summed E-state index contributed by atoms with van der Waals surface area (Å²) < 4.78 is 22.1. The second-order valence-corrected chi connectivity index (χ2v) is 15.6. The number of aliphatic hydroxyl groups excluding tert-OH is 4. The number of rotatable bonds is 38. The molecule has 0 aromatic rings. The number of allylic oxidation sites excluding steroid dienone is 3. The van der Waals surface area contributed by atoms with Crippen LogP contribution in [0.15, 0.2) is 24.8 Å². The van der Waals surface area contributed by atoms with Crippen LogP contribution in [0.5, 0.6) is 0 Å². The molecule has 1 heterocycles. The topological polar surface area (TPSA) is 152 Å². The average molecular weight is 783 g/mol. The first-order valence-corrected chi connectivity index (χ1v) is 22.4. The lowest BCUT2D eigenvalue weighted by molar-refractivity contribution is -0.305. The summed E-state index contributed by atoms with van der Waals surface area (Å²) in [7, 11) is 0. The average Bonchev–Trinajstić information content (AvgIpc) is 3.18. The fourth-order valence-electron chi connectivity index (χ4n) is 6.87.